The molecule has 0 saturated carbocycles. The first kappa shape index (κ1) is 22.1. The van der Waals surface area contributed by atoms with E-state index in [9.17, 15) is 0 Å². The number of aryl methyl sites for hydroxylation is 3. The average molecular weight is 475 g/mol. The van der Waals surface area contributed by atoms with E-state index in [1.807, 2.05) is 0 Å². The fourth-order valence-electron chi connectivity index (χ4n) is 6.44. The van der Waals surface area contributed by atoms with Crippen molar-refractivity contribution < 1.29 is 0 Å². The van der Waals surface area contributed by atoms with E-state index in [2.05, 4.69) is 124 Å². The highest BCUT2D eigenvalue weighted by atomic mass is 14.3. The summed E-state index contributed by atoms with van der Waals surface area (Å²) in [6.45, 7) is 6.72. The third-order valence-electron chi connectivity index (χ3n) is 8.26. The number of fused-ring (bicyclic) bond motifs is 4. The minimum Gasteiger partial charge on any atom is -0.0616 e. The lowest BCUT2D eigenvalue weighted by atomic mass is 9.82. The van der Waals surface area contributed by atoms with Crippen LogP contribution >= 0.6 is 0 Å². The molecule has 1 aliphatic rings. The molecule has 0 heterocycles. The summed E-state index contributed by atoms with van der Waals surface area (Å²) in [6.07, 6.45) is 2.07. The van der Waals surface area contributed by atoms with Crippen molar-refractivity contribution in [1.82, 2.24) is 0 Å². The zero-order valence-corrected chi connectivity index (χ0v) is 21.7. The Morgan fingerprint density at radius 1 is 0.459 bits per heavy atom. The summed E-state index contributed by atoms with van der Waals surface area (Å²) < 4.78 is 0. The van der Waals surface area contributed by atoms with Crippen LogP contribution in [0, 0.1) is 6.92 Å². The fourth-order valence-corrected chi connectivity index (χ4v) is 6.44. The van der Waals surface area contributed by atoms with E-state index in [0.717, 1.165) is 12.8 Å². The smallest absolute Gasteiger partial charge is 0.000741 e. The van der Waals surface area contributed by atoms with Crippen LogP contribution < -0.4 is 0 Å². The van der Waals surface area contributed by atoms with Crippen LogP contribution in [0.4, 0.5) is 0 Å². The van der Waals surface area contributed by atoms with Gasteiger partial charge in [-0.3, -0.25) is 0 Å². The topological polar surface area (TPSA) is 0 Å². The maximum Gasteiger partial charge on any atom is -0.000741 e. The zero-order valence-electron chi connectivity index (χ0n) is 21.7. The van der Waals surface area contributed by atoms with Gasteiger partial charge in [0.25, 0.3) is 0 Å². The van der Waals surface area contributed by atoms with Gasteiger partial charge < -0.3 is 0 Å². The van der Waals surface area contributed by atoms with Gasteiger partial charge in [0.05, 0.1) is 0 Å². The monoisotopic (exact) mass is 474 g/mol. The molecule has 0 unspecified atom stereocenters. The molecule has 0 atom stereocenters. The lowest BCUT2D eigenvalue weighted by molar-refractivity contribution is 1.14. The summed E-state index contributed by atoms with van der Waals surface area (Å²) in [5.74, 6) is 0. The molecule has 0 N–H and O–H groups in total. The van der Waals surface area contributed by atoms with Gasteiger partial charge in [0.1, 0.15) is 0 Å². The Balaban J connectivity index is 1.73. The summed E-state index contributed by atoms with van der Waals surface area (Å²) in [6, 6.07) is 38.9. The van der Waals surface area contributed by atoms with E-state index >= 15 is 0 Å². The van der Waals surface area contributed by atoms with Crippen LogP contribution in [-0.2, 0) is 12.8 Å². The first-order chi connectivity index (χ1) is 18.2. The maximum absolute atomic E-state index is 2.40. The predicted molar refractivity (Wildman–Crippen MR) is 160 cm³/mol. The molecule has 0 radical (unpaired) electrons. The molecular formula is C37H30. The van der Waals surface area contributed by atoms with Gasteiger partial charge in [0.2, 0.25) is 0 Å². The van der Waals surface area contributed by atoms with Gasteiger partial charge in [-0.05, 0) is 103 Å². The Labute approximate surface area is 219 Å². The largest absolute Gasteiger partial charge is 0.0616 e. The highest BCUT2D eigenvalue weighted by Crippen LogP contribution is 2.57. The predicted octanol–water partition coefficient (Wildman–Crippen LogP) is 10.4. The summed E-state index contributed by atoms with van der Waals surface area (Å²) in [5, 5.41) is 5.41. The Kier molecular flexibility index (Phi) is 5.04. The third kappa shape index (κ3) is 3.22. The summed E-state index contributed by atoms with van der Waals surface area (Å²) in [4.78, 5) is 0. The van der Waals surface area contributed by atoms with Crippen LogP contribution in [0.3, 0.4) is 0 Å². The Hall–Kier alpha value is -4.16. The molecule has 0 saturated heterocycles. The van der Waals surface area contributed by atoms with Gasteiger partial charge in [-0.1, -0.05) is 117 Å². The second-order valence-electron chi connectivity index (χ2n) is 10.3. The zero-order chi connectivity index (χ0) is 25.1. The van der Waals surface area contributed by atoms with E-state index in [0.29, 0.717) is 0 Å². The molecule has 0 amide bonds. The van der Waals surface area contributed by atoms with Crippen molar-refractivity contribution in [2.45, 2.75) is 33.6 Å². The highest BCUT2D eigenvalue weighted by molar-refractivity contribution is 6.27. The first-order valence-electron chi connectivity index (χ1n) is 13.5. The minimum absolute atomic E-state index is 1.03. The van der Waals surface area contributed by atoms with Crippen molar-refractivity contribution in [3.05, 3.63) is 120 Å². The van der Waals surface area contributed by atoms with Gasteiger partial charge in [-0.25, -0.2) is 0 Å². The van der Waals surface area contributed by atoms with Crippen molar-refractivity contribution in [2.24, 2.45) is 0 Å². The summed E-state index contributed by atoms with van der Waals surface area (Å²) >= 11 is 0. The molecule has 6 aromatic carbocycles. The molecule has 37 heavy (non-hydrogen) atoms. The van der Waals surface area contributed by atoms with E-state index in [1.165, 1.54) is 82.7 Å². The van der Waals surface area contributed by atoms with E-state index in [-0.39, 0.29) is 0 Å². The van der Waals surface area contributed by atoms with E-state index in [4.69, 9.17) is 0 Å². The number of benzene rings is 6. The molecule has 0 fully saturated rings. The quantitative estimate of drug-likeness (QED) is 0.238. The highest BCUT2D eigenvalue weighted by Gasteiger charge is 2.30. The lowest BCUT2D eigenvalue weighted by Crippen LogP contribution is -1.94. The van der Waals surface area contributed by atoms with Crippen LogP contribution in [0.5, 0.6) is 0 Å². The fraction of sp³-hybridized carbons (Fsp3) is 0.135. The maximum atomic E-state index is 2.40. The van der Waals surface area contributed by atoms with Crippen LogP contribution in [0.25, 0.3) is 66.1 Å². The van der Waals surface area contributed by atoms with Gasteiger partial charge >= 0.3 is 0 Å². The molecule has 178 valence electrons. The van der Waals surface area contributed by atoms with Crippen molar-refractivity contribution >= 4 is 21.5 Å². The van der Waals surface area contributed by atoms with Crippen molar-refractivity contribution in [1.29, 1.82) is 0 Å². The van der Waals surface area contributed by atoms with Gasteiger partial charge in [-0.2, -0.15) is 0 Å². The van der Waals surface area contributed by atoms with Gasteiger partial charge in [0.15, 0.2) is 0 Å². The SMILES string of the molecule is CCc1cccc(-c2c3c(c(-c4cccc(CC)c4)c4ccccc24)-c2ccc(C)c4cccc-3c24)c1. The van der Waals surface area contributed by atoms with E-state index < -0.39 is 0 Å². The average Bonchev–Trinajstić information content (AvgIpc) is 3.28. The van der Waals surface area contributed by atoms with Crippen LogP contribution in [0.15, 0.2) is 103 Å². The molecule has 0 bridgehead atoms. The van der Waals surface area contributed by atoms with Gasteiger partial charge in [0, 0.05) is 0 Å². The minimum atomic E-state index is 1.03. The molecular weight excluding hydrogens is 444 g/mol. The number of hydrogen-bond acceptors (Lipinski definition) is 0. The molecule has 0 spiro atoms. The van der Waals surface area contributed by atoms with Crippen molar-refractivity contribution in [3.8, 4) is 44.5 Å². The molecule has 7 rings (SSSR count). The summed E-state index contributed by atoms with van der Waals surface area (Å²) in [5.41, 5.74) is 14.9. The number of hydrogen-bond donors (Lipinski definition) is 0. The van der Waals surface area contributed by atoms with Crippen LogP contribution in [-0.4, -0.2) is 0 Å². The molecule has 6 aromatic rings. The normalized spacial score (nSPS) is 11.9. The molecule has 0 aromatic heterocycles. The van der Waals surface area contributed by atoms with E-state index in [1.54, 1.807) is 0 Å². The second-order valence-corrected chi connectivity index (χ2v) is 10.3. The molecule has 0 heteroatoms. The Bertz CT molecular complexity index is 1750. The molecule has 0 nitrogen and oxygen atoms in total. The Morgan fingerprint density at radius 2 is 0.973 bits per heavy atom. The van der Waals surface area contributed by atoms with Crippen molar-refractivity contribution in [2.75, 3.05) is 0 Å². The van der Waals surface area contributed by atoms with Gasteiger partial charge in [-0.15, -0.1) is 0 Å². The van der Waals surface area contributed by atoms with Crippen LogP contribution in [0.1, 0.15) is 30.5 Å². The van der Waals surface area contributed by atoms with Crippen molar-refractivity contribution in [3.63, 3.8) is 0 Å². The standard InChI is InChI=1S/C37H30/c1-4-24-11-8-13-26(21-24)33-29-15-6-7-16-30(29)34(27-14-9-12-25(5-2)22-27)37-32-20-19-23(3)28-17-10-18-31(35(28)32)36(33)37/h6-22H,4-5H2,1-3H3. The number of rotatable bonds is 4. The molecule has 1 aliphatic carbocycles. The molecule has 0 aliphatic heterocycles. The first-order valence-corrected chi connectivity index (χ1v) is 13.5. The lowest BCUT2D eigenvalue weighted by Gasteiger charge is -2.21. The summed E-state index contributed by atoms with van der Waals surface area (Å²) in [7, 11) is 0. The van der Waals surface area contributed by atoms with Crippen LogP contribution in [0.2, 0.25) is 0 Å². The second kappa shape index (κ2) is 8.46. The Morgan fingerprint density at radius 3 is 1.54 bits per heavy atom. The third-order valence-corrected chi connectivity index (χ3v) is 8.26.